The van der Waals surface area contributed by atoms with E-state index < -0.39 is 40.4 Å². The lowest BCUT2D eigenvalue weighted by Gasteiger charge is -2.58. The van der Waals surface area contributed by atoms with E-state index in [1.165, 1.54) is 0 Å². The second-order valence-electron chi connectivity index (χ2n) is 14.1. The average molecular weight is 503 g/mol. The van der Waals surface area contributed by atoms with E-state index in [9.17, 15) is 19.8 Å². The predicted octanol–water partition coefficient (Wildman–Crippen LogP) is 1.78. The number of ketones is 1. The Hall–Kier alpha value is -1.06. The smallest absolute Gasteiger partial charge is 0.344 e. The summed E-state index contributed by atoms with van der Waals surface area (Å²) in [5.41, 5.74) is -3.14. The molecule has 0 aromatic rings. The highest BCUT2D eigenvalue weighted by Crippen LogP contribution is 2.75. The van der Waals surface area contributed by atoms with Crippen molar-refractivity contribution >= 4 is 11.8 Å². The van der Waals surface area contributed by atoms with E-state index in [-0.39, 0.29) is 48.0 Å². The summed E-state index contributed by atoms with van der Waals surface area (Å²) in [5.74, 6) is 1.40. The molecule has 15 unspecified atom stereocenters. The van der Waals surface area contributed by atoms with E-state index >= 15 is 0 Å². The number of carbonyl (C=O) groups is 2. The summed E-state index contributed by atoms with van der Waals surface area (Å²) in [4.78, 5) is 26.4. The number of aliphatic hydroxyl groups excluding tert-OH is 2. The number of hydrogen-bond acceptors (Lipinski definition) is 8. The van der Waals surface area contributed by atoms with Crippen molar-refractivity contribution < 1.29 is 38.7 Å². The Kier molecular flexibility index (Phi) is 4.06. The summed E-state index contributed by atoms with van der Waals surface area (Å²) in [6, 6.07) is 0. The molecule has 8 fully saturated rings. The number of carbonyl (C=O) groups excluding carboxylic acids is 2. The number of epoxide rings is 3. The van der Waals surface area contributed by atoms with Crippen LogP contribution in [0.3, 0.4) is 0 Å². The Morgan fingerprint density at radius 2 is 1.89 bits per heavy atom. The van der Waals surface area contributed by atoms with E-state index in [0.29, 0.717) is 24.2 Å². The Morgan fingerprint density at radius 3 is 2.61 bits per heavy atom. The molecule has 198 valence electrons. The minimum atomic E-state index is -1.17. The van der Waals surface area contributed by atoms with Crippen LogP contribution < -0.4 is 0 Å². The van der Waals surface area contributed by atoms with Gasteiger partial charge in [-0.25, -0.2) is 4.79 Å². The largest absolute Gasteiger partial charge is 0.460 e. The number of aliphatic hydroxyl groups is 2. The van der Waals surface area contributed by atoms with Crippen molar-refractivity contribution in [3.63, 3.8) is 0 Å². The monoisotopic (exact) mass is 502 g/mol. The highest BCUT2D eigenvalue weighted by atomic mass is 16.7. The van der Waals surface area contributed by atoms with E-state index in [0.717, 1.165) is 32.1 Å². The summed E-state index contributed by atoms with van der Waals surface area (Å²) in [6.07, 6.45) is 3.87. The summed E-state index contributed by atoms with van der Waals surface area (Å²) >= 11 is 0. The number of hydrogen-bond donors (Lipinski definition) is 2. The molecule has 8 rings (SSSR count). The molecule has 36 heavy (non-hydrogen) atoms. The summed E-state index contributed by atoms with van der Waals surface area (Å²) in [6.45, 7) is 8.30. The number of esters is 1. The van der Waals surface area contributed by atoms with Gasteiger partial charge in [0, 0.05) is 6.42 Å². The molecule has 4 heterocycles. The predicted molar refractivity (Wildman–Crippen MR) is 124 cm³/mol. The lowest BCUT2D eigenvalue weighted by atomic mass is 9.43. The molecular weight excluding hydrogens is 464 g/mol. The average Bonchev–Trinajstić information content (AvgIpc) is 3.76. The molecule has 4 aliphatic heterocycles. The Morgan fingerprint density at radius 1 is 1.11 bits per heavy atom. The van der Waals surface area contributed by atoms with Crippen LogP contribution in [-0.2, 0) is 28.5 Å². The van der Waals surface area contributed by atoms with Crippen LogP contribution in [0.2, 0.25) is 0 Å². The van der Waals surface area contributed by atoms with Crippen LogP contribution >= 0.6 is 0 Å². The van der Waals surface area contributed by atoms with Crippen molar-refractivity contribution in [3.8, 4) is 0 Å². The van der Waals surface area contributed by atoms with Gasteiger partial charge in [-0.05, 0) is 81.0 Å². The van der Waals surface area contributed by atoms with Crippen molar-refractivity contribution in [2.45, 2.75) is 114 Å². The third-order valence-corrected chi connectivity index (χ3v) is 13.2. The summed E-state index contributed by atoms with van der Waals surface area (Å²) in [7, 11) is 0. The van der Waals surface area contributed by atoms with Gasteiger partial charge in [0.15, 0.2) is 5.78 Å². The normalized spacial score (nSPS) is 64.6. The zero-order valence-electron chi connectivity index (χ0n) is 21.6. The molecular formula is C28H38O8. The molecule has 0 bridgehead atoms. The maximum absolute atomic E-state index is 13.7. The lowest BCUT2D eigenvalue weighted by molar-refractivity contribution is -0.168. The van der Waals surface area contributed by atoms with Crippen LogP contribution in [0.15, 0.2) is 0 Å². The fourth-order valence-corrected chi connectivity index (χ4v) is 11.0. The van der Waals surface area contributed by atoms with E-state index in [1.54, 1.807) is 0 Å². The molecule has 15 atom stereocenters. The molecule has 4 saturated heterocycles. The van der Waals surface area contributed by atoms with Gasteiger partial charge in [0.05, 0.1) is 18.1 Å². The van der Waals surface area contributed by atoms with Crippen LogP contribution in [0.4, 0.5) is 0 Å². The summed E-state index contributed by atoms with van der Waals surface area (Å²) < 4.78 is 23.7. The maximum Gasteiger partial charge on any atom is 0.344 e. The molecule has 8 aliphatic rings. The molecule has 4 saturated carbocycles. The molecule has 1 spiro atoms. The maximum atomic E-state index is 13.7. The molecule has 8 nitrogen and oxygen atoms in total. The first-order chi connectivity index (χ1) is 17.0. The zero-order chi connectivity index (χ0) is 25.2. The van der Waals surface area contributed by atoms with Gasteiger partial charge in [0.1, 0.15) is 35.6 Å². The molecule has 0 radical (unpaired) electrons. The van der Waals surface area contributed by atoms with Crippen molar-refractivity contribution in [3.05, 3.63) is 0 Å². The van der Waals surface area contributed by atoms with Gasteiger partial charge >= 0.3 is 5.97 Å². The van der Waals surface area contributed by atoms with Gasteiger partial charge < -0.3 is 29.2 Å². The van der Waals surface area contributed by atoms with Gasteiger partial charge in [-0.1, -0.05) is 13.8 Å². The van der Waals surface area contributed by atoms with Gasteiger partial charge in [-0.15, -0.1) is 0 Å². The molecule has 0 aromatic heterocycles. The first-order valence-corrected chi connectivity index (χ1v) is 14.1. The van der Waals surface area contributed by atoms with Crippen molar-refractivity contribution in [1.82, 2.24) is 0 Å². The Labute approximate surface area is 211 Å². The number of cyclic esters (lactones) is 1. The second kappa shape index (κ2) is 6.39. The molecule has 4 aliphatic carbocycles. The van der Waals surface area contributed by atoms with Crippen LogP contribution in [-0.4, -0.2) is 75.9 Å². The minimum Gasteiger partial charge on any atom is -0.460 e. The van der Waals surface area contributed by atoms with Crippen LogP contribution in [0.1, 0.15) is 66.2 Å². The second-order valence-corrected chi connectivity index (χ2v) is 14.1. The SMILES string of the molecule is CC(C1CC2(C)OC2(CO)C(=O)O1)C1CCC2C3CC4OC45C(O)C4OC4C(=O)C5(C)C3CCC12C. The summed E-state index contributed by atoms with van der Waals surface area (Å²) in [5, 5.41) is 20.9. The first kappa shape index (κ1) is 22.9. The van der Waals surface area contributed by atoms with Gasteiger partial charge in [-0.2, -0.15) is 0 Å². The van der Waals surface area contributed by atoms with Crippen molar-refractivity contribution in [2.24, 2.45) is 40.4 Å². The van der Waals surface area contributed by atoms with Gasteiger partial charge in [-0.3, -0.25) is 4.79 Å². The first-order valence-electron chi connectivity index (χ1n) is 14.1. The van der Waals surface area contributed by atoms with Gasteiger partial charge in [0.25, 0.3) is 0 Å². The van der Waals surface area contributed by atoms with Crippen molar-refractivity contribution in [1.29, 1.82) is 0 Å². The number of fused-ring (bicyclic) bond motifs is 6. The van der Waals surface area contributed by atoms with E-state index in [1.807, 2.05) is 6.92 Å². The third-order valence-electron chi connectivity index (χ3n) is 13.2. The lowest BCUT2D eigenvalue weighted by Crippen LogP contribution is -2.67. The standard InChI is InChI=1S/C28H38O8/c1-12(17-10-25(3)27(11-29,36-25)23(32)33-17)14-5-6-15-13-9-18-28(35-18)22(31)20-19(34-20)21(30)26(28,4)16(13)7-8-24(14,15)2/h12-20,22,29,31H,5-11H2,1-4H3. The van der Waals surface area contributed by atoms with E-state index in [2.05, 4.69) is 20.8 Å². The highest BCUT2D eigenvalue weighted by molar-refractivity contribution is 5.95. The number of rotatable bonds is 3. The molecule has 8 heteroatoms. The number of Topliss-reactive ketones (excluding diaryl/α,β-unsaturated/α-hetero) is 1. The Bertz CT molecular complexity index is 1080. The molecule has 0 amide bonds. The van der Waals surface area contributed by atoms with Gasteiger partial charge in [0.2, 0.25) is 5.60 Å². The fourth-order valence-electron chi connectivity index (χ4n) is 11.0. The minimum absolute atomic E-state index is 0.0652. The van der Waals surface area contributed by atoms with Crippen LogP contribution in [0.25, 0.3) is 0 Å². The fraction of sp³-hybridized carbons (Fsp3) is 0.929. The van der Waals surface area contributed by atoms with Crippen molar-refractivity contribution in [2.75, 3.05) is 6.61 Å². The van der Waals surface area contributed by atoms with E-state index in [4.69, 9.17) is 18.9 Å². The van der Waals surface area contributed by atoms with Crippen LogP contribution in [0, 0.1) is 40.4 Å². The third kappa shape index (κ3) is 2.22. The quantitative estimate of drug-likeness (QED) is 0.443. The zero-order valence-corrected chi connectivity index (χ0v) is 21.6. The molecule has 0 aromatic carbocycles. The molecule has 2 N–H and O–H groups in total. The van der Waals surface area contributed by atoms with Crippen LogP contribution in [0.5, 0.6) is 0 Å². The number of ether oxygens (including phenoxy) is 4. The Balaban J connectivity index is 1.07. The topological polar surface area (TPSA) is 121 Å². The highest BCUT2D eigenvalue weighted by Gasteiger charge is 2.86.